The molecule has 4 nitrogen and oxygen atoms in total. The summed E-state index contributed by atoms with van der Waals surface area (Å²) in [5.74, 6) is 1.33. The van der Waals surface area contributed by atoms with Gasteiger partial charge in [0.1, 0.15) is 5.75 Å². The zero-order valence-corrected chi connectivity index (χ0v) is 11.9. The number of ether oxygens (including phenoxy) is 2. The van der Waals surface area contributed by atoms with E-state index in [-0.39, 0.29) is 6.04 Å². The van der Waals surface area contributed by atoms with Crippen molar-refractivity contribution < 1.29 is 9.47 Å². The Morgan fingerprint density at radius 1 is 1.20 bits per heavy atom. The van der Waals surface area contributed by atoms with Gasteiger partial charge >= 0.3 is 0 Å². The van der Waals surface area contributed by atoms with Crippen LogP contribution < -0.4 is 10.5 Å². The van der Waals surface area contributed by atoms with E-state index in [1.807, 2.05) is 43.3 Å². The molecule has 0 saturated heterocycles. The topological polar surface area (TPSA) is 57.4 Å². The van der Waals surface area contributed by atoms with Gasteiger partial charge in [0, 0.05) is 25.4 Å². The number of hydrogen-bond donors (Lipinski definition) is 1. The van der Waals surface area contributed by atoms with Gasteiger partial charge in [-0.3, -0.25) is 0 Å². The summed E-state index contributed by atoms with van der Waals surface area (Å²) in [5.41, 5.74) is 7.94. The number of pyridine rings is 1. The number of benzene rings is 1. The summed E-state index contributed by atoms with van der Waals surface area (Å²) >= 11 is 0. The molecule has 0 aliphatic heterocycles. The summed E-state index contributed by atoms with van der Waals surface area (Å²) in [6, 6.07) is 11.8. The molecule has 0 saturated carbocycles. The Morgan fingerprint density at radius 3 is 2.70 bits per heavy atom. The van der Waals surface area contributed by atoms with Crippen molar-refractivity contribution in [3.8, 4) is 11.6 Å². The molecule has 0 aliphatic carbocycles. The average molecular weight is 272 g/mol. The first-order valence-electron chi connectivity index (χ1n) is 6.63. The third-order valence-electron chi connectivity index (χ3n) is 2.79. The summed E-state index contributed by atoms with van der Waals surface area (Å²) in [4.78, 5) is 4.29. The van der Waals surface area contributed by atoms with E-state index >= 15 is 0 Å². The second kappa shape index (κ2) is 7.03. The molecule has 1 heterocycles. The van der Waals surface area contributed by atoms with Crippen LogP contribution in [0.1, 0.15) is 18.1 Å². The van der Waals surface area contributed by atoms with Gasteiger partial charge in [0.05, 0.1) is 6.61 Å². The quantitative estimate of drug-likeness (QED) is 0.878. The number of nitrogens with two attached hydrogens (primary N) is 1. The van der Waals surface area contributed by atoms with Gasteiger partial charge in [-0.1, -0.05) is 18.2 Å². The Bertz CT molecular complexity index is 538. The van der Waals surface area contributed by atoms with Gasteiger partial charge in [0.2, 0.25) is 5.88 Å². The molecule has 0 radical (unpaired) electrons. The van der Waals surface area contributed by atoms with Crippen LogP contribution in [-0.2, 0) is 17.8 Å². The lowest BCUT2D eigenvalue weighted by atomic mass is 10.1. The number of methoxy groups -OCH3 is 1. The Balaban J connectivity index is 2.04. The molecule has 4 heteroatoms. The van der Waals surface area contributed by atoms with Crippen molar-refractivity contribution in [3.63, 3.8) is 0 Å². The fraction of sp³-hybridized carbons (Fsp3) is 0.312. The molecule has 106 valence electrons. The SMILES string of the molecule is COCc1cccc(Oc2ccc(CC(C)N)cn2)c1. The van der Waals surface area contributed by atoms with Gasteiger partial charge in [-0.25, -0.2) is 4.98 Å². The highest BCUT2D eigenvalue weighted by Gasteiger charge is 2.02. The molecule has 0 spiro atoms. The van der Waals surface area contributed by atoms with Gasteiger partial charge in [0.25, 0.3) is 0 Å². The molecule has 0 aliphatic rings. The largest absolute Gasteiger partial charge is 0.439 e. The molecule has 2 aromatic rings. The van der Waals surface area contributed by atoms with Gasteiger partial charge in [0.15, 0.2) is 0 Å². The summed E-state index contributed by atoms with van der Waals surface area (Å²) in [5, 5.41) is 0. The predicted octanol–water partition coefficient (Wildman–Crippen LogP) is 2.91. The second-order valence-corrected chi connectivity index (χ2v) is 4.87. The van der Waals surface area contributed by atoms with E-state index in [9.17, 15) is 0 Å². The van der Waals surface area contributed by atoms with Gasteiger partial charge < -0.3 is 15.2 Å². The lowest BCUT2D eigenvalue weighted by Gasteiger charge is -2.08. The number of aromatic nitrogens is 1. The Morgan fingerprint density at radius 2 is 2.05 bits per heavy atom. The molecule has 1 atom stereocenters. The highest BCUT2D eigenvalue weighted by molar-refractivity contribution is 5.31. The van der Waals surface area contributed by atoms with Crippen LogP contribution in [0.15, 0.2) is 42.6 Å². The van der Waals surface area contributed by atoms with Crippen molar-refractivity contribution in [3.05, 3.63) is 53.7 Å². The van der Waals surface area contributed by atoms with E-state index in [1.165, 1.54) is 0 Å². The molecular formula is C16H20N2O2. The van der Waals surface area contributed by atoms with Crippen LogP contribution >= 0.6 is 0 Å². The summed E-state index contributed by atoms with van der Waals surface area (Å²) in [7, 11) is 1.67. The fourth-order valence-electron chi connectivity index (χ4n) is 1.95. The Kier molecular flexibility index (Phi) is 5.09. The lowest BCUT2D eigenvalue weighted by Crippen LogP contribution is -2.17. The maximum Gasteiger partial charge on any atom is 0.219 e. The predicted molar refractivity (Wildman–Crippen MR) is 78.8 cm³/mol. The minimum absolute atomic E-state index is 0.134. The third kappa shape index (κ3) is 4.33. The molecule has 0 bridgehead atoms. The number of nitrogens with zero attached hydrogens (tertiary/aromatic N) is 1. The first-order valence-corrected chi connectivity index (χ1v) is 6.63. The smallest absolute Gasteiger partial charge is 0.219 e. The maximum absolute atomic E-state index is 5.76. The molecular weight excluding hydrogens is 252 g/mol. The molecule has 1 unspecified atom stereocenters. The molecule has 2 rings (SSSR count). The standard InChI is InChI=1S/C16H20N2O2/c1-12(17)8-13-6-7-16(18-10-13)20-15-5-3-4-14(9-15)11-19-2/h3-7,9-10,12H,8,11,17H2,1-2H3. The molecule has 1 aromatic carbocycles. The Labute approximate surface area is 119 Å². The molecule has 1 aromatic heterocycles. The van der Waals surface area contributed by atoms with Crippen LogP contribution in [0.25, 0.3) is 0 Å². The van der Waals surface area contributed by atoms with Gasteiger partial charge in [-0.15, -0.1) is 0 Å². The van der Waals surface area contributed by atoms with E-state index in [2.05, 4.69) is 4.98 Å². The highest BCUT2D eigenvalue weighted by Crippen LogP contribution is 2.21. The van der Waals surface area contributed by atoms with E-state index in [0.717, 1.165) is 23.3 Å². The van der Waals surface area contributed by atoms with Crippen molar-refractivity contribution in [1.82, 2.24) is 4.98 Å². The van der Waals surface area contributed by atoms with E-state index < -0.39 is 0 Å². The first kappa shape index (κ1) is 14.5. The zero-order chi connectivity index (χ0) is 14.4. The van der Waals surface area contributed by atoms with Crippen LogP contribution in [0.2, 0.25) is 0 Å². The van der Waals surface area contributed by atoms with Crippen LogP contribution in [0.3, 0.4) is 0 Å². The molecule has 0 fully saturated rings. The van der Waals surface area contributed by atoms with Gasteiger partial charge in [-0.05, 0) is 36.6 Å². The van der Waals surface area contributed by atoms with E-state index in [0.29, 0.717) is 12.5 Å². The summed E-state index contributed by atoms with van der Waals surface area (Å²) in [6.45, 7) is 2.55. The monoisotopic (exact) mass is 272 g/mol. The summed E-state index contributed by atoms with van der Waals surface area (Å²) in [6.07, 6.45) is 2.62. The zero-order valence-electron chi connectivity index (χ0n) is 11.9. The van der Waals surface area contributed by atoms with E-state index in [4.69, 9.17) is 15.2 Å². The normalized spacial score (nSPS) is 12.2. The van der Waals surface area contributed by atoms with Crippen LogP contribution in [0.4, 0.5) is 0 Å². The third-order valence-corrected chi connectivity index (χ3v) is 2.79. The minimum atomic E-state index is 0.134. The van der Waals surface area contributed by atoms with Crippen molar-refractivity contribution >= 4 is 0 Å². The van der Waals surface area contributed by atoms with Gasteiger partial charge in [-0.2, -0.15) is 0 Å². The van der Waals surface area contributed by atoms with Crippen molar-refractivity contribution in [2.24, 2.45) is 5.73 Å². The average Bonchev–Trinajstić information content (AvgIpc) is 2.41. The van der Waals surface area contributed by atoms with E-state index in [1.54, 1.807) is 13.3 Å². The number of hydrogen-bond acceptors (Lipinski definition) is 4. The van der Waals surface area contributed by atoms with Crippen LogP contribution in [-0.4, -0.2) is 18.1 Å². The molecule has 20 heavy (non-hydrogen) atoms. The van der Waals surface area contributed by atoms with Crippen molar-refractivity contribution in [1.29, 1.82) is 0 Å². The van der Waals surface area contributed by atoms with Crippen molar-refractivity contribution in [2.75, 3.05) is 7.11 Å². The summed E-state index contributed by atoms with van der Waals surface area (Å²) < 4.78 is 10.8. The van der Waals surface area contributed by atoms with Crippen LogP contribution in [0.5, 0.6) is 11.6 Å². The first-order chi connectivity index (χ1) is 9.67. The van der Waals surface area contributed by atoms with Crippen molar-refractivity contribution in [2.45, 2.75) is 26.0 Å². The maximum atomic E-state index is 5.76. The highest BCUT2D eigenvalue weighted by atomic mass is 16.5. The number of rotatable bonds is 6. The second-order valence-electron chi connectivity index (χ2n) is 4.87. The molecule has 2 N–H and O–H groups in total. The lowest BCUT2D eigenvalue weighted by molar-refractivity contribution is 0.184. The Hall–Kier alpha value is -1.91. The fourth-order valence-corrected chi connectivity index (χ4v) is 1.95. The van der Waals surface area contributed by atoms with Crippen LogP contribution in [0, 0.1) is 0 Å². The minimum Gasteiger partial charge on any atom is -0.439 e. The molecule has 0 amide bonds.